The van der Waals surface area contributed by atoms with E-state index in [-0.39, 0.29) is 4.90 Å². The maximum atomic E-state index is 13.7. The summed E-state index contributed by atoms with van der Waals surface area (Å²) >= 11 is 0. The topological polar surface area (TPSA) is 56.2 Å². The Morgan fingerprint density at radius 3 is 1.63 bits per heavy atom. The summed E-state index contributed by atoms with van der Waals surface area (Å²) < 4.78 is 77.1. The smallest absolute Gasteiger partial charge is 0.422 e. The molecule has 0 bridgehead atoms. The molecule has 0 amide bonds. The van der Waals surface area contributed by atoms with Gasteiger partial charge in [0.2, 0.25) is 0 Å². The van der Waals surface area contributed by atoms with Gasteiger partial charge in [0.25, 0.3) is 0 Å². The van der Waals surface area contributed by atoms with Crippen molar-refractivity contribution in [2.24, 2.45) is 0 Å². The third-order valence-electron chi connectivity index (χ3n) is 5.79. The third kappa shape index (κ3) is 6.06. The van der Waals surface area contributed by atoms with Crippen molar-refractivity contribution < 1.29 is 30.0 Å². The van der Waals surface area contributed by atoms with Crippen molar-refractivity contribution in [2.75, 3.05) is 6.61 Å². The number of halogens is 3. The lowest BCUT2D eigenvalue weighted by molar-refractivity contribution is -0.137. The van der Waals surface area contributed by atoms with Crippen LogP contribution in [0.4, 0.5) is 13.2 Å². The Morgan fingerprint density at radius 2 is 1.16 bits per heavy atom. The molecule has 0 fully saturated rings. The predicted molar refractivity (Wildman–Crippen MR) is 143 cm³/mol. The zero-order valence-corrected chi connectivity index (χ0v) is 22.3. The molecule has 0 aliphatic carbocycles. The fourth-order valence-electron chi connectivity index (χ4n) is 3.85. The quantitative estimate of drug-likeness (QED) is 0.111. The second-order valence-corrected chi connectivity index (χ2v) is 13.0. The number of benzene rings is 4. The van der Waals surface area contributed by atoms with E-state index in [9.17, 15) is 21.6 Å². The van der Waals surface area contributed by atoms with Gasteiger partial charge in [-0.15, -0.1) is 8.42 Å². The van der Waals surface area contributed by atoms with Crippen LogP contribution in [0, 0.1) is 0 Å². The van der Waals surface area contributed by atoms with E-state index >= 15 is 0 Å². The number of hydrogen-bond acceptors (Lipinski definition) is 3. The Bertz CT molecular complexity index is 1380. The summed E-state index contributed by atoms with van der Waals surface area (Å²) in [5.41, 5.74) is -0.931. The van der Waals surface area contributed by atoms with Gasteiger partial charge >= 0.3 is 16.3 Å². The minimum absolute atomic E-state index is 0.311. The van der Waals surface area contributed by atoms with E-state index in [0.717, 1.165) is 37.1 Å². The first-order valence-electron chi connectivity index (χ1n) is 12.0. The van der Waals surface area contributed by atoms with Crippen molar-refractivity contribution in [3.8, 4) is 5.75 Å². The summed E-state index contributed by atoms with van der Waals surface area (Å²) in [5, 5.41) is 0. The minimum Gasteiger partial charge on any atom is -0.494 e. The summed E-state index contributed by atoms with van der Waals surface area (Å²) in [5.74, 6) is 0.655. The minimum atomic E-state index is -4.58. The lowest BCUT2D eigenvalue weighted by Crippen LogP contribution is -2.19. The third-order valence-corrected chi connectivity index (χ3v) is 11.2. The molecule has 0 atom stereocenters. The molecule has 0 heterocycles. The van der Waals surface area contributed by atoms with Crippen molar-refractivity contribution in [2.45, 2.75) is 45.5 Å². The second kappa shape index (κ2) is 11.6. The largest absolute Gasteiger partial charge is 0.494 e. The van der Waals surface area contributed by atoms with E-state index < -0.39 is 32.2 Å². The highest BCUT2D eigenvalue weighted by molar-refractivity contribution is 8.32. The summed E-state index contributed by atoms with van der Waals surface area (Å²) in [7, 11) is -7.15. The Labute approximate surface area is 222 Å². The molecule has 0 spiro atoms. The molecule has 4 aromatic carbocycles. The highest BCUT2D eigenvalue weighted by Gasteiger charge is 2.43. The Hall–Kier alpha value is -3.27. The van der Waals surface area contributed by atoms with Crippen LogP contribution in [0.1, 0.15) is 25.3 Å². The van der Waals surface area contributed by atoms with Crippen molar-refractivity contribution in [1.82, 2.24) is 0 Å². The van der Waals surface area contributed by atoms with Crippen LogP contribution in [-0.4, -0.2) is 18.7 Å². The van der Waals surface area contributed by atoms with E-state index in [1.165, 1.54) is 0 Å². The first-order chi connectivity index (χ1) is 18.2. The van der Waals surface area contributed by atoms with Crippen LogP contribution in [-0.2, 0) is 16.3 Å². The molecule has 0 aromatic heterocycles. The van der Waals surface area contributed by atoms with Gasteiger partial charge in [-0.3, -0.25) is 3.63 Å². The number of ether oxygens (including phenoxy) is 1. The van der Waals surface area contributed by atoms with E-state index in [0.29, 0.717) is 27.0 Å². The molecule has 0 unspecified atom stereocenters. The Balaban J connectivity index is 1.86. The molecule has 4 nitrogen and oxygen atoms in total. The maximum absolute atomic E-state index is 13.7. The highest BCUT2D eigenvalue weighted by atomic mass is 32.3. The number of hydrogen-bond donors (Lipinski definition) is 0. The molecule has 1 N–H and O–H groups in total. The van der Waals surface area contributed by atoms with E-state index in [4.69, 9.17) is 4.74 Å². The van der Waals surface area contributed by atoms with Crippen molar-refractivity contribution >= 4 is 20.4 Å². The van der Waals surface area contributed by atoms with Gasteiger partial charge in [-0.1, -0.05) is 49.7 Å². The van der Waals surface area contributed by atoms with Gasteiger partial charge in [0, 0.05) is 0 Å². The van der Waals surface area contributed by atoms with Crippen LogP contribution in [0.3, 0.4) is 0 Å². The monoisotopic (exact) mass is 561 g/mol. The standard InChI is InChI=1S/C29H27F3O4S2/c1-2-3-22-35-24-16-20-27(21-17-24)37(25-10-6-4-7-11-25,26-12-8-5-9-13-26)36-38(33,34)28-18-14-23(15-19-28)29(30,31)32/h4-21H,2-3,22H2,1H3/p+1. The molecular weight excluding hydrogens is 533 g/mol. The average molecular weight is 562 g/mol. The zero-order chi connectivity index (χ0) is 27.2. The fraction of sp³-hybridized carbons (Fsp3) is 0.172. The second-order valence-electron chi connectivity index (χ2n) is 8.45. The first-order valence-corrected chi connectivity index (χ1v) is 15.0. The van der Waals surface area contributed by atoms with E-state index in [2.05, 4.69) is 10.6 Å². The first kappa shape index (κ1) is 27.8. The van der Waals surface area contributed by atoms with Crippen molar-refractivity contribution in [3.05, 3.63) is 115 Å². The summed E-state index contributed by atoms with van der Waals surface area (Å²) in [6, 6.07) is 28.8. The summed E-state index contributed by atoms with van der Waals surface area (Å²) in [6.45, 7) is 2.64. The predicted octanol–water partition coefficient (Wildman–Crippen LogP) is 8.56. The highest BCUT2D eigenvalue weighted by Crippen LogP contribution is 2.68. The average Bonchev–Trinajstić information content (AvgIpc) is 2.93. The lowest BCUT2D eigenvalue weighted by Gasteiger charge is -2.34. The lowest BCUT2D eigenvalue weighted by atomic mass is 10.2. The fourth-order valence-corrected chi connectivity index (χ4v) is 9.33. The molecule has 4 rings (SSSR count). The van der Waals surface area contributed by atoms with Crippen LogP contribution >= 0.6 is 10.3 Å². The molecule has 0 radical (unpaired) electrons. The Kier molecular flexibility index (Phi) is 8.50. The Morgan fingerprint density at radius 1 is 0.684 bits per heavy atom. The van der Waals surface area contributed by atoms with E-state index in [1.807, 2.05) is 72.8 Å². The van der Waals surface area contributed by atoms with Gasteiger partial charge in [0.15, 0.2) is 0 Å². The SMILES string of the molecule is CCCCOc1ccc(S([OH+]S(=O)(=O)c2ccc(C(F)(F)F)cc2)(c2ccccc2)c2ccccc2)cc1. The van der Waals surface area contributed by atoms with Crippen LogP contribution in [0.5, 0.6) is 5.75 Å². The van der Waals surface area contributed by atoms with Crippen LogP contribution in [0.25, 0.3) is 0 Å². The zero-order valence-electron chi connectivity index (χ0n) is 20.6. The molecular formula is C29H28F3O4S2+. The summed E-state index contributed by atoms with van der Waals surface area (Å²) in [4.78, 5) is 1.67. The van der Waals surface area contributed by atoms with E-state index in [1.54, 1.807) is 12.1 Å². The van der Waals surface area contributed by atoms with Crippen LogP contribution < -0.4 is 4.74 Å². The van der Waals surface area contributed by atoms with Gasteiger partial charge in [0.05, 0.1) is 37.2 Å². The number of rotatable bonds is 10. The molecule has 0 saturated heterocycles. The molecule has 4 aromatic rings. The van der Waals surface area contributed by atoms with Crippen molar-refractivity contribution in [3.63, 3.8) is 0 Å². The summed E-state index contributed by atoms with van der Waals surface area (Å²) in [6.07, 6.45) is -2.68. The maximum Gasteiger partial charge on any atom is 0.422 e. The normalized spacial score (nSPS) is 12.7. The number of alkyl halides is 3. The molecule has 38 heavy (non-hydrogen) atoms. The van der Waals surface area contributed by atoms with Gasteiger partial charge in [-0.2, -0.15) is 13.2 Å². The molecule has 0 aliphatic rings. The molecule has 200 valence electrons. The van der Waals surface area contributed by atoms with Crippen molar-refractivity contribution in [1.29, 1.82) is 0 Å². The van der Waals surface area contributed by atoms with Gasteiger partial charge in [-0.25, -0.2) is 0 Å². The van der Waals surface area contributed by atoms with Gasteiger partial charge < -0.3 is 4.74 Å². The van der Waals surface area contributed by atoms with Crippen LogP contribution in [0.15, 0.2) is 129 Å². The van der Waals surface area contributed by atoms with Crippen LogP contribution in [0.2, 0.25) is 0 Å². The number of unbranched alkanes of at least 4 members (excludes halogenated alkanes) is 1. The molecule has 0 saturated carbocycles. The molecule has 0 aliphatic heterocycles. The van der Waals surface area contributed by atoms with Gasteiger partial charge in [-0.05, 0) is 79.2 Å². The van der Waals surface area contributed by atoms with Gasteiger partial charge in [0.1, 0.15) is 10.6 Å². The molecule has 9 heteroatoms.